The van der Waals surface area contributed by atoms with E-state index >= 15 is 0 Å². The molecular formula is C19H18F5N3O. The molecule has 0 radical (unpaired) electrons. The van der Waals surface area contributed by atoms with Gasteiger partial charge < -0.3 is 15.1 Å². The van der Waals surface area contributed by atoms with Gasteiger partial charge in [0, 0.05) is 37.6 Å². The maximum Gasteiger partial charge on any atom is 0.419 e. The Kier molecular flexibility index (Phi) is 5.55. The number of alkyl halides is 3. The van der Waals surface area contributed by atoms with Gasteiger partial charge in [0.1, 0.15) is 11.6 Å². The van der Waals surface area contributed by atoms with E-state index in [2.05, 4.69) is 10.2 Å². The van der Waals surface area contributed by atoms with E-state index in [1.165, 1.54) is 12.1 Å². The fraction of sp³-hybridized carbons (Fsp3) is 0.316. The number of nitrogens with one attached hydrogen (secondary N) is 1. The molecule has 1 aliphatic rings. The van der Waals surface area contributed by atoms with Gasteiger partial charge in [0.15, 0.2) is 0 Å². The van der Waals surface area contributed by atoms with Crippen LogP contribution in [0.1, 0.15) is 15.9 Å². The van der Waals surface area contributed by atoms with Crippen LogP contribution in [-0.2, 0) is 6.18 Å². The van der Waals surface area contributed by atoms with Crippen molar-refractivity contribution in [2.45, 2.75) is 6.18 Å². The van der Waals surface area contributed by atoms with Crippen molar-refractivity contribution in [3.05, 3.63) is 59.2 Å². The molecule has 0 atom stereocenters. The van der Waals surface area contributed by atoms with Gasteiger partial charge in [-0.1, -0.05) is 0 Å². The fourth-order valence-corrected chi connectivity index (χ4v) is 3.03. The Morgan fingerprint density at radius 2 is 1.68 bits per heavy atom. The van der Waals surface area contributed by atoms with Crippen LogP contribution in [0.4, 0.5) is 33.3 Å². The number of anilines is 2. The Bertz CT molecular complexity index is 876. The standard InChI is InChI=1S/C19H18F5N3O/c1-26-6-8-27(9-7-26)17-5-2-12(20)10-14(17)18(28)25-13-3-4-16(21)15(11-13)19(22,23)24/h2-5,10-11H,6-9H2,1H3,(H,25,28). The molecule has 2 aromatic rings. The highest BCUT2D eigenvalue weighted by atomic mass is 19.4. The third-order valence-electron chi connectivity index (χ3n) is 4.58. The summed E-state index contributed by atoms with van der Waals surface area (Å²) in [4.78, 5) is 16.7. The van der Waals surface area contributed by atoms with Crippen molar-refractivity contribution < 1.29 is 26.7 Å². The molecule has 4 nitrogen and oxygen atoms in total. The molecule has 0 unspecified atom stereocenters. The molecule has 28 heavy (non-hydrogen) atoms. The van der Waals surface area contributed by atoms with Crippen LogP contribution in [0.15, 0.2) is 36.4 Å². The molecule has 1 amide bonds. The summed E-state index contributed by atoms with van der Waals surface area (Å²) >= 11 is 0. The molecule has 1 fully saturated rings. The quantitative estimate of drug-likeness (QED) is 0.793. The molecule has 0 spiro atoms. The number of likely N-dealkylation sites (N-methyl/N-ethyl adjacent to an activating group) is 1. The van der Waals surface area contributed by atoms with Crippen molar-refractivity contribution in [1.29, 1.82) is 0 Å². The fourth-order valence-electron chi connectivity index (χ4n) is 3.03. The van der Waals surface area contributed by atoms with E-state index in [1.807, 2.05) is 11.9 Å². The SMILES string of the molecule is CN1CCN(c2ccc(F)cc2C(=O)Nc2ccc(F)c(C(F)(F)F)c2)CC1. The van der Waals surface area contributed by atoms with Crippen molar-refractivity contribution in [3.8, 4) is 0 Å². The van der Waals surface area contributed by atoms with E-state index in [9.17, 15) is 26.7 Å². The molecular weight excluding hydrogens is 381 g/mol. The summed E-state index contributed by atoms with van der Waals surface area (Å²) in [6.07, 6.45) is -4.89. The van der Waals surface area contributed by atoms with Crippen LogP contribution in [0.25, 0.3) is 0 Å². The average Bonchev–Trinajstić information content (AvgIpc) is 2.63. The summed E-state index contributed by atoms with van der Waals surface area (Å²) in [5, 5.41) is 2.30. The first-order valence-electron chi connectivity index (χ1n) is 8.56. The Labute approximate surface area is 158 Å². The van der Waals surface area contributed by atoms with Crippen LogP contribution in [0.2, 0.25) is 0 Å². The third kappa shape index (κ3) is 4.41. The van der Waals surface area contributed by atoms with Crippen LogP contribution < -0.4 is 10.2 Å². The van der Waals surface area contributed by atoms with Crippen molar-refractivity contribution in [1.82, 2.24) is 4.90 Å². The van der Waals surface area contributed by atoms with Crippen molar-refractivity contribution >= 4 is 17.3 Å². The second kappa shape index (κ2) is 7.75. The van der Waals surface area contributed by atoms with Gasteiger partial charge in [0.25, 0.3) is 5.91 Å². The lowest BCUT2D eigenvalue weighted by Crippen LogP contribution is -2.45. The molecule has 2 aromatic carbocycles. The monoisotopic (exact) mass is 399 g/mol. The minimum atomic E-state index is -4.89. The lowest BCUT2D eigenvalue weighted by Gasteiger charge is -2.35. The largest absolute Gasteiger partial charge is 0.419 e. The number of halogens is 5. The van der Waals surface area contributed by atoms with Gasteiger partial charge in [-0.15, -0.1) is 0 Å². The van der Waals surface area contributed by atoms with Crippen molar-refractivity contribution in [3.63, 3.8) is 0 Å². The number of nitrogens with zero attached hydrogens (tertiary/aromatic N) is 2. The zero-order valence-corrected chi connectivity index (χ0v) is 15.0. The number of carbonyl (C=O) groups is 1. The van der Waals surface area contributed by atoms with Crippen LogP contribution in [0, 0.1) is 11.6 Å². The molecule has 1 N–H and O–H groups in total. The topological polar surface area (TPSA) is 35.6 Å². The number of amides is 1. The number of rotatable bonds is 3. The zero-order chi connectivity index (χ0) is 20.5. The van der Waals surface area contributed by atoms with Gasteiger partial charge >= 0.3 is 6.18 Å². The van der Waals surface area contributed by atoms with Crippen LogP contribution in [0.5, 0.6) is 0 Å². The summed E-state index contributed by atoms with van der Waals surface area (Å²) in [5.74, 6) is -2.85. The lowest BCUT2D eigenvalue weighted by molar-refractivity contribution is -0.139. The van der Waals surface area contributed by atoms with Crippen LogP contribution >= 0.6 is 0 Å². The predicted molar refractivity (Wildman–Crippen MR) is 95.5 cm³/mol. The van der Waals surface area contributed by atoms with Gasteiger partial charge in [0.05, 0.1) is 11.1 Å². The van der Waals surface area contributed by atoms with Crippen molar-refractivity contribution in [2.75, 3.05) is 43.4 Å². The number of carbonyl (C=O) groups excluding carboxylic acids is 1. The van der Waals surface area contributed by atoms with E-state index in [0.717, 1.165) is 25.2 Å². The molecule has 9 heteroatoms. The zero-order valence-electron chi connectivity index (χ0n) is 15.0. The Morgan fingerprint density at radius 3 is 2.32 bits per heavy atom. The molecule has 150 valence electrons. The Morgan fingerprint density at radius 1 is 1.00 bits per heavy atom. The van der Waals surface area contributed by atoms with Gasteiger partial charge in [-0.2, -0.15) is 13.2 Å². The second-order valence-electron chi connectivity index (χ2n) is 6.60. The highest BCUT2D eigenvalue weighted by Gasteiger charge is 2.34. The molecule has 1 saturated heterocycles. The molecule has 0 aliphatic carbocycles. The minimum Gasteiger partial charge on any atom is -0.368 e. The molecule has 3 rings (SSSR count). The first-order chi connectivity index (χ1) is 13.1. The molecule has 1 aliphatic heterocycles. The smallest absolute Gasteiger partial charge is 0.368 e. The molecule has 0 saturated carbocycles. The average molecular weight is 399 g/mol. The van der Waals surface area contributed by atoms with Gasteiger partial charge in [-0.3, -0.25) is 4.79 Å². The number of benzene rings is 2. The summed E-state index contributed by atoms with van der Waals surface area (Å²) in [5.41, 5.74) is -1.22. The highest BCUT2D eigenvalue weighted by molar-refractivity contribution is 6.08. The number of hydrogen-bond acceptors (Lipinski definition) is 3. The maximum absolute atomic E-state index is 13.7. The van der Waals surface area contributed by atoms with Gasteiger partial charge in [0.2, 0.25) is 0 Å². The number of hydrogen-bond donors (Lipinski definition) is 1. The lowest BCUT2D eigenvalue weighted by atomic mass is 10.1. The molecule has 1 heterocycles. The van der Waals surface area contributed by atoms with Crippen LogP contribution in [-0.4, -0.2) is 44.0 Å². The summed E-state index contributed by atoms with van der Waals surface area (Å²) < 4.78 is 65.8. The Balaban J connectivity index is 1.88. The van der Waals surface area contributed by atoms with Gasteiger partial charge in [-0.25, -0.2) is 8.78 Å². The van der Waals surface area contributed by atoms with Gasteiger partial charge in [-0.05, 0) is 43.4 Å². The van der Waals surface area contributed by atoms with E-state index in [-0.39, 0.29) is 11.3 Å². The maximum atomic E-state index is 13.7. The first-order valence-corrected chi connectivity index (χ1v) is 8.56. The van der Waals surface area contributed by atoms with E-state index in [1.54, 1.807) is 0 Å². The summed E-state index contributed by atoms with van der Waals surface area (Å²) in [6, 6.07) is 5.91. The van der Waals surface area contributed by atoms with E-state index in [0.29, 0.717) is 30.9 Å². The predicted octanol–water partition coefficient (Wildman–Crippen LogP) is 3.99. The third-order valence-corrected chi connectivity index (χ3v) is 4.58. The van der Waals surface area contributed by atoms with Crippen molar-refractivity contribution in [2.24, 2.45) is 0 Å². The highest BCUT2D eigenvalue weighted by Crippen LogP contribution is 2.33. The summed E-state index contributed by atoms with van der Waals surface area (Å²) in [7, 11) is 1.96. The normalized spacial score (nSPS) is 15.6. The van der Waals surface area contributed by atoms with E-state index < -0.39 is 29.3 Å². The minimum absolute atomic E-state index is 0.00226. The molecule has 0 aromatic heterocycles. The second-order valence-corrected chi connectivity index (χ2v) is 6.60. The van der Waals surface area contributed by atoms with E-state index in [4.69, 9.17) is 0 Å². The summed E-state index contributed by atoms with van der Waals surface area (Å²) in [6.45, 7) is 2.76. The van der Waals surface area contributed by atoms with Crippen LogP contribution in [0.3, 0.4) is 0 Å². The first kappa shape index (κ1) is 20.1. The number of piperazine rings is 1. The molecule has 0 bridgehead atoms. The Hall–Kier alpha value is -2.68.